The lowest BCUT2D eigenvalue weighted by atomic mass is 9.91. The fraction of sp³-hybridized carbons (Fsp3) is 0.312. The first-order valence-corrected chi connectivity index (χ1v) is 15.5. The number of carbonyl (C=O) groups excluding carboxylic acids is 2. The summed E-state index contributed by atoms with van der Waals surface area (Å²) >= 11 is 7.30. The summed E-state index contributed by atoms with van der Waals surface area (Å²) in [5, 5.41) is 10.7. The highest BCUT2D eigenvalue weighted by Crippen LogP contribution is 2.31. The van der Waals surface area contributed by atoms with E-state index in [2.05, 4.69) is 16.0 Å². The van der Waals surface area contributed by atoms with E-state index >= 15 is 0 Å². The second-order valence-electron chi connectivity index (χ2n) is 10.6. The topological polar surface area (TPSA) is 99.3 Å². The molecule has 218 valence electrons. The van der Waals surface area contributed by atoms with Crippen molar-refractivity contribution in [2.24, 2.45) is 0 Å². The Kier molecular flexibility index (Phi) is 9.81. The molecule has 4 aromatic rings. The van der Waals surface area contributed by atoms with Crippen LogP contribution in [0, 0.1) is 0 Å². The van der Waals surface area contributed by atoms with Gasteiger partial charge in [-0.3, -0.25) is 9.59 Å². The Bertz CT molecular complexity index is 1510. The van der Waals surface area contributed by atoms with Gasteiger partial charge in [0.05, 0.1) is 11.3 Å². The minimum absolute atomic E-state index is 0.0647. The second kappa shape index (κ2) is 13.9. The third-order valence-corrected chi connectivity index (χ3v) is 8.77. The van der Waals surface area contributed by atoms with Gasteiger partial charge in [0.1, 0.15) is 11.1 Å². The van der Waals surface area contributed by atoms with Crippen molar-refractivity contribution >= 4 is 63.5 Å². The zero-order valence-electron chi connectivity index (χ0n) is 23.7. The smallest absolute Gasteiger partial charge is 0.242 e. The first-order chi connectivity index (χ1) is 20.4. The number of thioether (sulfide) groups is 1. The normalized spacial score (nSPS) is 17.3. The molecular weight excluding hydrogens is 568 g/mol. The molecule has 1 fully saturated rings. The zero-order valence-corrected chi connectivity index (χ0v) is 25.3. The van der Waals surface area contributed by atoms with Crippen molar-refractivity contribution in [3.8, 4) is 0 Å². The van der Waals surface area contributed by atoms with E-state index in [4.69, 9.17) is 21.6 Å². The predicted octanol–water partition coefficient (Wildman–Crippen LogP) is 6.30. The van der Waals surface area contributed by atoms with E-state index in [0.717, 1.165) is 48.0 Å². The van der Waals surface area contributed by atoms with Gasteiger partial charge in [-0.05, 0) is 67.6 Å². The summed E-state index contributed by atoms with van der Waals surface area (Å²) < 4.78 is 0. The van der Waals surface area contributed by atoms with E-state index in [0.29, 0.717) is 16.7 Å². The Morgan fingerprint density at radius 1 is 0.905 bits per heavy atom. The standard InChI is InChI=1S/C32H35ClN6O2S/c1-39(2)30-26-10-6-7-11-27(26)37-32(38-30)36-25-18-16-23(17-19-25)34-28(40)20-42-29(21-8-4-3-5-9-21)31(41)35-24-14-12-22(33)13-15-24/h3-15,23,25,29H,16-20H2,1-2H3,(H,34,40)(H,35,41)(H,36,37,38)/t23-,25+,29?. The van der Waals surface area contributed by atoms with E-state index in [-0.39, 0.29) is 29.7 Å². The van der Waals surface area contributed by atoms with Gasteiger partial charge >= 0.3 is 0 Å². The van der Waals surface area contributed by atoms with Crippen LogP contribution in [-0.4, -0.2) is 53.7 Å². The molecule has 1 heterocycles. The SMILES string of the molecule is CN(C)c1nc(N[C@H]2CC[C@@H](NC(=O)CSC(C(=O)Nc3ccc(Cl)cc3)c3ccccc3)CC2)nc2ccccc12. The molecule has 5 rings (SSSR count). The molecule has 1 aromatic heterocycles. The van der Waals surface area contributed by atoms with Gasteiger partial charge in [0, 0.05) is 42.3 Å². The molecule has 0 saturated heterocycles. The van der Waals surface area contributed by atoms with Crippen molar-refractivity contribution in [2.75, 3.05) is 35.4 Å². The molecule has 3 N–H and O–H groups in total. The van der Waals surface area contributed by atoms with Crippen molar-refractivity contribution in [2.45, 2.75) is 43.0 Å². The number of carbonyl (C=O) groups is 2. The molecule has 0 radical (unpaired) electrons. The molecule has 1 atom stereocenters. The van der Waals surface area contributed by atoms with E-state index in [1.807, 2.05) is 73.6 Å². The highest BCUT2D eigenvalue weighted by molar-refractivity contribution is 8.00. The van der Waals surface area contributed by atoms with Crippen LogP contribution in [-0.2, 0) is 9.59 Å². The molecule has 1 saturated carbocycles. The van der Waals surface area contributed by atoms with Gasteiger partial charge in [0.25, 0.3) is 0 Å². The molecule has 1 aliphatic rings. The van der Waals surface area contributed by atoms with Crippen molar-refractivity contribution in [1.29, 1.82) is 0 Å². The summed E-state index contributed by atoms with van der Waals surface area (Å²) in [6.45, 7) is 0. The van der Waals surface area contributed by atoms with Gasteiger partial charge < -0.3 is 20.9 Å². The zero-order chi connectivity index (χ0) is 29.5. The number of rotatable bonds is 10. The summed E-state index contributed by atoms with van der Waals surface area (Å²) in [6.07, 6.45) is 3.53. The van der Waals surface area contributed by atoms with E-state index in [1.54, 1.807) is 24.3 Å². The summed E-state index contributed by atoms with van der Waals surface area (Å²) in [6, 6.07) is 24.9. The number of amides is 2. The third-order valence-electron chi connectivity index (χ3n) is 7.27. The van der Waals surface area contributed by atoms with Crippen LogP contribution in [0.2, 0.25) is 5.02 Å². The van der Waals surface area contributed by atoms with Crippen LogP contribution < -0.4 is 20.9 Å². The number of hydrogen-bond donors (Lipinski definition) is 3. The summed E-state index contributed by atoms with van der Waals surface area (Å²) in [5.41, 5.74) is 2.42. The number of fused-ring (bicyclic) bond motifs is 1. The molecule has 10 heteroatoms. The van der Waals surface area contributed by atoms with Crippen LogP contribution in [0.4, 0.5) is 17.5 Å². The van der Waals surface area contributed by atoms with Crippen LogP contribution >= 0.6 is 23.4 Å². The van der Waals surface area contributed by atoms with E-state index < -0.39 is 5.25 Å². The van der Waals surface area contributed by atoms with Gasteiger partial charge in [-0.15, -0.1) is 11.8 Å². The maximum Gasteiger partial charge on any atom is 0.242 e. The minimum Gasteiger partial charge on any atom is -0.362 e. The Morgan fingerprint density at radius 3 is 2.29 bits per heavy atom. The number of nitrogens with one attached hydrogen (secondary N) is 3. The number of para-hydroxylation sites is 1. The Balaban J connectivity index is 1.13. The quantitative estimate of drug-likeness (QED) is 0.196. The van der Waals surface area contributed by atoms with Gasteiger partial charge in [-0.25, -0.2) is 4.98 Å². The Hall–Kier alpha value is -3.82. The lowest BCUT2D eigenvalue weighted by molar-refractivity contribution is -0.119. The molecule has 42 heavy (non-hydrogen) atoms. The molecular formula is C32H35ClN6O2S. The fourth-order valence-corrected chi connectivity index (χ4v) is 6.24. The predicted molar refractivity (Wildman–Crippen MR) is 173 cm³/mol. The summed E-state index contributed by atoms with van der Waals surface area (Å²) in [7, 11) is 3.97. The Labute approximate surface area is 255 Å². The highest BCUT2D eigenvalue weighted by atomic mass is 35.5. The van der Waals surface area contributed by atoms with Crippen LogP contribution in [0.1, 0.15) is 36.5 Å². The molecule has 0 aliphatic heterocycles. The average Bonchev–Trinajstić information content (AvgIpc) is 2.99. The summed E-state index contributed by atoms with van der Waals surface area (Å²) in [5.74, 6) is 1.46. The second-order valence-corrected chi connectivity index (χ2v) is 12.2. The van der Waals surface area contributed by atoms with Crippen molar-refractivity contribution in [1.82, 2.24) is 15.3 Å². The number of aromatic nitrogens is 2. The number of benzene rings is 3. The summed E-state index contributed by atoms with van der Waals surface area (Å²) in [4.78, 5) is 37.6. The largest absolute Gasteiger partial charge is 0.362 e. The first-order valence-electron chi connectivity index (χ1n) is 14.1. The van der Waals surface area contributed by atoms with E-state index in [9.17, 15) is 9.59 Å². The fourth-order valence-electron chi connectivity index (χ4n) is 5.15. The number of nitrogens with zero attached hydrogens (tertiary/aromatic N) is 3. The average molecular weight is 603 g/mol. The van der Waals surface area contributed by atoms with Crippen LogP contribution in [0.5, 0.6) is 0 Å². The third kappa shape index (κ3) is 7.72. The van der Waals surface area contributed by atoms with Gasteiger partial charge in [-0.1, -0.05) is 54.1 Å². The van der Waals surface area contributed by atoms with Crippen LogP contribution in [0.25, 0.3) is 10.9 Å². The molecule has 0 spiro atoms. The van der Waals surface area contributed by atoms with Crippen molar-refractivity contribution in [3.63, 3.8) is 0 Å². The van der Waals surface area contributed by atoms with Crippen LogP contribution in [0.3, 0.4) is 0 Å². The lowest BCUT2D eigenvalue weighted by Crippen LogP contribution is -2.41. The maximum absolute atomic E-state index is 13.2. The number of hydrogen-bond acceptors (Lipinski definition) is 7. The highest BCUT2D eigenvalue weighted by Gasteiger charge is 2.26. The monoisotopic (exact) mass is 602 g/mol. The molecule has 0 bridgehead atoms. The Morgan fingerprint density at radius 2 is 1.57 bits per heavy atom. The van der Waals surface area contributed by atoms with Gasteiger partial charge in [0.2, 0.25) is 17.8 Å². The molecule has 1 aliphatic carbocycles. The van der Waals surface area contributed by atoms with E-state index in [1.165, 1.54) is 11.8 Å². The minimum atomic E-state index is -0.526. The number of anilines is 3. The molecule has 1 unspecified atom stereocenters. The van der Waals surface area contributed by atoms with Crippen molar-refractivity contribution in [3.05, 3.63) is 89.4 Å². The molecule has 8 nitrogen and oxygen atoms in total. The lowest BCUT2D eigenvalue weighted by Gasteiger charge is -2.30. The maximum atomic E-state index is 13.2. The molecule has 2 amide bonds. The van der Waals surface area contributed by atoms with Gasteiger partial charge in [-0.2, -0.15) is 4.98 Å². The van der Waals surface area contributed by atoms with Gasteiger partial charge in [0.15, 0.2) is 0 Å². The van der Waals surface area contributed by atoms with Crippen LogP contribution in [0.15, 0.2) is 78.9 Å². The molecule has 3 aromatic carbocycles. The first kappa shape index (κ1) is 29.7. The van der Waals surface area contributed by atoms with Crippen molar-refractivity contribution < 1.29 is 9.59 Å². The number of halogens is 1.